The van der Waals surface area contributed by atoms with E-state index in [2.05, 4.69) is 0 Å². The first-order valence-electron chi connectivity index (χ1n) is 3.67. The van der Waals surface area contributed by atoms with Gasteiger partial charge in [0.1, 0.15) is 4.90 Å². The molecule has 0 atom stereocenters. The summed E-state index contributed by atoms with van der Waals surface area (Å²) in [6, 6.07) is 0.806. The Kier molecular flexibility index (Phi) is 3.10. The molecule has 16 heavy (non-hydrogen) atoms. The van der Waals surface area contributed by atoms with Crippen LogP contribution in [0.1, 0.15) is 5.56 Å². The molecular formula is C7H5ClF3NO3S. The highest BCUT2D eigenvalue weighted by molar-refractivity contribution is 7.86. The van der Waals surface area contributed by atoms with Gasteiger partial charge in [-0.2, -0.15) is 21.6 Å². The van der Waals surface area contributed by atoms with Crippen LogP contribution in [0.4, 0.5) is 18.9 Å². The number of hydrogen-bond acceptors (Lipinski definition) is 3. The van der Waals surface area contributed by atoms with Gasteiger partial charge >= 0.3 is 6.18 Å². The summed E-state index contributed by atoms with van der Waals surface area (Å²) >= 11 is 5.24. The van der Waals surface area contributed by atoms with Crippen LogP contribution in [0.25, 0.3) is 0 Å². The first-order valence-corrected chi connectivity index (χ1v) is 5.49. The number of alkyl halides is 3. The molecule has 9 heteroatoms. The zero-order chi connectivity index (χ0) is 12.7. The van der Waals surface area contributed by atoms with Gasteiger partial charge in [-0.3, -0.25) is 4.55 Å². The Bertz CT molecular complexity index is 526. The van der Waals surface area contributed by atoms with E-state index < -0.39 is 37.5 Å². The highest BCUT2D eigenvalue weighted by Crippen LogP contribution is 2.37. The van der Waals surface area contributed by atoms with Crippen molar-refractivity contribution < 1.29 is 26.1 Å². The predicted molar refractivity (Wildman–Crippen MR) is 50.7 cm³/mol. The molecule has 0 saturated carbocycles. The van der Waals surface area contributed by atoms with Gasteiger partial charge in [0, 0.05) is 0 Å². The normalized spacial score (nSPS) is 12.8. The molecule has 0 amide bonds. The summed E-state index contributed by atoms with van der Waals surface area (Å²) in [5, 5.41) is -0.852. The maximum Gasteiger partial charge on any atom is 0.417 e. The molecule has 3 N–H and O–H groups in total. The second-order valence-electron chi connectivity index (χ2n) is 2.84. The van der Waals surface area contributed by atoms with Gasteiger partial charge in [0.25, 0.3) is 10.1 Å². The van der Waals surface area contributed by atoms with Gasteiger partial charge in [-0.05, 0) is 12.1 Å². The van der Waals surface area contributed by atoms with E-state index in [9.17, 15) is 21.6 Å². The third-order valence-electron chi connectivity index (χ3n) is 1.68. The molecule has 0 aromatic heterocycles. The molecule has 0 aliphatic heterocycles. The number of benzene rings is 1. The van der Waals surface area contributed by atoms with Gasteiger partial charge in [-0.15, -0.1) is 0 Å². The van der Waals surface area contributed by atoms with Crippen molar-refractivity contribution in [2.45, 2.75) is 11.1 Å². The largest absolute Gasteiger partial charge is 0.417 e. The lowest BCUT2D eigenvalue weighted by molar-refractivity contribution is -0.137. The van der Waals surface area contributed by atoms with Crippen molar-refractivity contribution in [1.29, 1.82) is 0 Å². The fourth-order valence-corrected chi connectivity index (χ4v) is 1.97. The lowest BCUT2D eigenvalue weighted by atomic mass is 10.2. The smallest absolute Gasteiger partial charge is 0.398 e. The molecule has 90 valence electrons. The standard InChI is InChI=1S/C7H5ClF3NO3S/c8-4-2-6(16(13,14)15)5(12)1-3(4)7(9,10)11/h1-2H,12H2,(H,13,14,15). The first kappa shape index (κ1) is 13.1. The summed E-state index contributed by atoms with van der Waals surface area (Å²) in [6.07, 6.45) is -4.75. The van der Waals surface area contributed by atoms with Crippen LogP contribution in [-0.4, -0.2) is 13.0 Å². The minimum atomic E-state index is -4.75. The summed E-state index contributed by atoms with van der Waals surface area (Å²) < 4.78 is 67.0. The van der Waals surface area contributed by atoms with E-state index in [4.69, 9.17) is 21.9 Å². The minimum absolute atomic E-state index is 0.353. The van der Waals surface area contributed by atoms with E-state index >= 15 is 0 Å². The number of nitrogens with two attached hydrogens (primary N) is 1. The second kappa shape index (κ2) is 3.79. The van der Waals surface area contributed by atoms with Crippen molar-refractivity contribution in [3.8, 4) is 0 Å². The zero-order valence-corrected chi connectivity index (χ0v) is 8.99. The molecule has 0 bridgehead atoms. The molecule has 0 aliphatic carbocycles. The van der Waals surface area contributed by atoms with Crippen LogP contribution < -0.4 is 5.73 Å². The lowest BCUT2D eigenvalue weighted by Crippen LogP contribution is -2.10. The van der Waals surface area contributed by atoms with Crippen molar-refractivity contribution in [3.05, 3.63) is 22.7 Å². The average molecular weight is 276 g/mol. The third kappa shape index (κ3) is 2.57. The SMILES string of the molecule is Nc1cc(C(F)(F)F)c(Cl)cc1S(=O)(=O)O. The number of halogens is 4. The van der Waals surface area contributed by atoms with Crippen molar-refractivity contribution in [2.75, 3.05) is 5.73 Å². The highest BCUT2D eigenvalue weighted by Gasteiger charge is 2.34. The monoisotopic (exact) mass is 275 g/mol. The number of hydrogen-bond donors (Lipinski definition) is 2. The van der Waals surface area contributed by atoms with Gasteiger partial charge in [-0.25, -0.2) is 0 Å². The molecule has 1 rings (SSSR count). The van der Waals surface area contributed by atoms with E-state index in [1.165, 1.54) is 0 Å². The van der Waals surface area contributed by atoms with Gasteiger partial charge in [0.2, 0.25) is 0 Å². The zero-order valence-electron chi connectivity index (χ0n) is 7.42. The summed E-state index contributed by atoms with van der Waals surface area (Å²) in [4.78, 5) is -0.856. The summed E-state index contributed by atoms with van der Waals surface area (Å²) in [5.41, 5.74) is 3.09. The van der Waals surface area contributed by atoms with E-state index in [0.29, 0.717) is 12.1 Å². The van der Waals surface area contributed by atoms with Crippen LogP contribution in [0, 0.1) is 0 Å². The quantitative estimate of drug-likeness (QED) is 0.608. The Balaban J connectivity index is 3.52. The summed E-state index contributed by atoms with van der Waals surface area (Å²) in [7, 11) is -4.70. The van der Waals surface area contributed by atoms with Gasteiger partial charge in [0.15, 0.2) is 0 Å². The van der Waals surface area contributed by atoms with Crippen LogP contribution in [-0.2, 0) is 16.3 Å². The van der Waals surface area contributed by atoms with Crippen LogP contribution in [0.3, 0.4) is 0 Å². The maximum atomic E-state index is 12.3. The Hall–Kier alpha value is -0.990. The van der Waals surface area contributed by atoms with Crippen LogP contribution in [0.15, 0.2) is 17.0 Å². The van der Waals surface area contributed by atoms with Gasteiger partial charge in [0.05, 0.1) is 16.3 Å². The summed E-state index contributed by atoms with van der Waals surface area (Å²) in [5.74, 6) is 0. The lowest BCUT2D eigenvalue weighted by Gasteiger charge is -2.11. The number of anilines is 1. The Labute approximate surface area is 93.6 Å². The molecule has 0 spiro atoms. The molecule has 0 radical (unpaired) electrons. The minimum Gasteiger partial charge on any atom is -0.398 e. The highest BCUT2D eigenvalue weighted by atomic mass is 35.5. The van der Waals surface area contributed by atoms with E-state index in [0.717, 1.165) is 0 Å². The molecule has 0 heterocycles. The fraction of sp³-hybridized carbons (Fsp3) is 0.143. The third-order valence-corrected chi connectivity index (χ3v) is 2.90. The molecular weight excluding hydrogens is 271 g/mol. The Morgan fingerprint density at radius 1 is 1.31 bits per heavy atom. The first-order chi connectivity index (χ1) is 7.03. The van der Waals surface area contributed by atoms with Crippen LogP contribution >= 0.6 is 11.6 Å². The molecule has 0 unspecified atom stereocenters. The molecule has 4 nitrogen and oxygen atoms in total. The van der Waals surface area contributed by atoms with Crippen LogP contribution in [0.5, 0.6) is 0 Å². The topological polar surface area (TPSA) is 80.4 Å². The van der Waals surface area contributed by atoms with Crippen molar-refractivity contribution >= 4 is 27.4 Å². The molecule has 1 aromatic carbocycles. The maximum absolute atomic E-state index is 12.3. The average Bonchev–Trinajstić information content (AvgIpc) is 2.04. The van der Waals surface area contributed by atoms with Crippen molar-refractivity contribution in [2.24, 2.45) is 0 Å². The molecule has 0 aliphatic rings. The van der Waals surface area contributed by atoms with Gasteiger partial charge in [-0.1, -0.05) is 11.6 Å². The predicted octanol–water partition coefficient (Wildman–Crippen LogP) is 2.19. The van der Waals surface area contributed by atoms with E-state index in [1.54, 1.807) is 0 Å². The molecule has 0 fully saturated rings. The van der Waals surface area contributed by atoms with Crippen molar-refractivity contribution in [3.63, 3.8) is 0 Å². The Morgan fingerprint density at radius 2 is 1.81 bits per heavy atom. The molecule has 0 saturated heterocycles. The number of rotatable bonds is 1. The van der Waals surface area contributed by atoms with Crippen LogP contribution in [0.2, 0.25) is 5.02 Å². The molecule has 1 aromatic rings. The number of nitrogen functional groups attached to an aromatic ring is 1. The Morgan fingerprint density at radius 3 is 2.19 bits per heavy atom. The van der Waals surface area contributed by atoms with E-state index in [-0.39, 0.29) is 0 Å². The van der Waals surface area contributed by atoms with E-state index in [1.807, 2.05) is 0 Å². The van der Waals surface area contributed by atoms with Gasteiger partial charge < -0.3 is 5.73 Å². The second-order valence-corrected chi connectivity index (χ2v) is 4.64. The fourth-order valence-electron chi connectivity index (χ4n) is 1.01. The van der Waals surface area contributed by atoms with Crippen molar-refractivity contribution in [1.82, 2.24) is 0 Å². The summed E-state index contributed by atoms with van der Waals surface area (Å²) in [6.45, 7) is 0.